The molecule has 0 radical (unpaired) electrons. The Bertz CT molecular complexity index is 362. The van der Waals surface area contributed by atoms with Gasteiger partial charge in [0.05, 0.1) is 5.56 Å². The van der Waals surface area contributed by atoms with Gasteiger partial charge >= 0.3 is 0 Å². The molecule has 6 heteroatoms. The van der Waals surface area contributed by atoms with E-state index in [0.717, 1.165) is 12.1 Å². The highest BCUT2D eigenvalue weighted by Gasteiger charge is 2.15. The molecule has 0 atom stereocenters. The number of nitrogens with two attached hydrogens (primary N) is 2. The van der Waals surface area contributed by atoms with Gasteiger partial charge in [-0.25, -0.2) is 13.2 Å². The average Bonchev–Trinajstić information content (AvgIpc) is 2.13. The lowest BCUT2D eigenvalue weighted by atomic mass is 10.2. The van der Waals surface area contributed by atoms with Crippen LogP contribution in [0.4, 0.5) is 13.2 Å². The molecule has 1 rings (SSSR count). The van der Waals surface area contributed by atoms with Crippen LogP contribution in [0.15, 0.2) is 17.2 Å². The summed E-state index contributed by atoms with van der Waals surface area (Å²) in [7, 11) is 0. The van der Waals surface area contributed by atoms with E-state index in [1.54, 1.807) is 0 Å². The van der Waals surface area contributed by atoms with E-state index in [1.807, 2.05) is 0 Å². The number of rotatable bonds is 1. The molecule has 1 aromatic rings. The number of hydrogen-bond donors (Lipinski definition) is 2. The van der Waals surface area contributed by atoms with E-state index in [4.69, 9.17) is 11.6 Å². The van der Waals surface area contributed by atoms with Crippen molar-refractivity contribution >= 4 is 5.84 Å². The highest BCUT2D eigenvalue weighted by molar-refractivity contribution is 5.97. The average molecular weight is 189 g/mol. The van der Waals surface area contributed by atoms with Crippen LogP contribution in [0.5, 0.6) is 0 Å². The second-order valence-corrected chi connectivity index (χ2v) is 2.24. The van der Waals surface area contributed by atoms with Gasteiger partial charge in [-0.2, -0.15) is 5.10 Å². The van der Waals surface area contributed by atoms with Gasteiger partial charge in [0.1, 0.15) is 0 Å². The van der Waals surface area contributed by atoms with Gasteiger partial charge in [0.2, 0.25) is 0 Å². The van der Waals surface area contributed by atoms with E-state index in [2.05, 4.69) is 5.10 Å². The first kappa shape index (κ1) is 9.37. The predicted molar refractivity (Wildman–Crippen MR) is 41.2 cm³/mol. The second-order valence-electron chi connectivity index (χ2n) is 2.24. The lowest BCUT2D eigenvalue weighted by Gasteiger charge is -2.02. The Kier molecular flexibility index (Phi) is 2.41. The molecule has 0 amide bonds. The Morgan fingerprint density at radius 3 is 2.31 bits per heavy atom. The summed E-state index contributed by atoms with van der Waals surface area (Å²) >= 11 is 0. The molecule has 0 saturated carbocycles. The van der Waals surface area contributed by atoms with Crippen LogP contribution in [0.3, 0.4) is 0 Å². The molecule has 1 aromatic carbocycles. The SMILES string of the molecule is N/N=C(/N)c1ccc(F)c(F)c1F. The fourth-order valence-electron chi connectivity index (χ4n) is 0.793. The third-order valence-corrected chi connectivity index (χ3v) is 1.45. The molecule has 0 aliphatic heterocycles. The number of hydrazone groups is 1. The summed E-state index contributed by atoms with van der Waals surface area (Å²) in [5.41, 5.74) is 4.75. The van der Waals surface area contributed by atoms with Crippen molar-refractivity contribution in [3.05, 3.63) is 35.1 Å². The van der Waals surface area contributed by atoms with Crippen molar-refractivity contribution in [1.29, 1.82) is 0 Å². The predicted octanol–water partition coefficient (Wildman–Crippen LogP) is 0.683. The Hall–Kier alpha value is -1.72. The van der Waals surface area contributed by atoms with Gasteiger partial charge in [0.15, 0.2) is 23.3 Å². The lowest BCUT2D eigenvalue weighted by molar-refractivity contribution is 0.446. The third kappa shape index (κ3) is 1.56. The van der Waals surface area contributed by atoms with E-state index in [0.29, 0.717) is 0 Å². The zero-order valence-electron chi connectivity index (χ0n) is 6.39. The molecule has 70 valence electrons. The van der Waals surface area contributed by atoms with Crippen molar-refractivity contribution < 1.29 is 13.2 Å². The normalized spacial score (nSPS) is 11.8. The Labute approximate surface area is 71.8 Å². The quantitative estimate of drug-likeness (QED) is 0.224. The molecule has 4 N–H and O–H groups in total. The molecule has 0 spiro atoms. The maximum atomic E-state index is 12.9. The zero-order valence-corrected chi connectivity index (χ0v) is 6.39. The lowest BCUT2D eigenvalue weighted by Crippen LogP contribution is -2.18. The molecular formula is C7H6F3N3. The summed E-state index contributed by atoms with van der Waals surface area (Å²) in [6, 6.07) is 1.70. The third-order valence-electron chi connectivity index (χ3n) is 1.45. The van der Waals surface area contributed by atoms with Crippen molar-refractivity contribution in [3.63, 3.8) is 0 Å². The Morgan fingerprint density at radius 2 is 1.77 bits per heavy atom. The molecule has 3 nitrogen and oxygen atoms in total. The Morgan fingerprint density at radius 1 is 1.15 bits per heavy atom. The smallest absolute Gasteiger partial charge is 0.195 e. The Balaban J connectivity index is 3.34. The minimum absolute atomic E-state index is 0.360. The second kappa shape index (κ2) is 3.34. The summed E-state index contributed by atoms with van der Waals surface area (Å²) in [6.45, 7) is 0. The molecule has 13 heavy (non-hydrogen) atoms. The van der Waals surface area contributed by atoms with Gasteiger partial charge in [-0.15, -0.1) is 0 Å². The molecule has 0 aromatic heterocycles. The molecular weight excluding hydrogens is 183 g/mol. The zero-order chi connectivity index (χ0) is 10.0. The fraction of sp³-hybridized carbons (Fsp3) is 0. The highest BCUT2D eigenvalue weighted by atomic mass is 19.2. The number of hydrogen-bond acceptors (Lipinski definition) is 2. The molecule has 0 heterocycles. The summed E-state index contributed by atoms with van der Waals surface area (Å²) in [4.78, 5) is 0. The van der Waals surface area contributed by atoms with Crippen LogP contribution in [0.1, 0.15) is 5.56 Å². The van der Waals surface area contributed by atoms with Crippen LogP contribution >= 0.6 is 0 Å². The van der Waals surface area contributed by atoms with Gasteiger partial charge < -0.3 is 11.6 Å². The van der Waals surface area contributed by atoms with Crippen molar-refractivity contribution in [2.45, 2.75) is 0 Å². The first-order chi connectivity index (χ1) is 6.07. The largest absolute Gasteiger partial charge is 0.382 e. The fourth-order valence-corrected chi connectivity index (χ4v) is 0.793. The number of amidine groups is 1. The molecule has 0 saturated heterocycles. The first-order valence-corrected chi connectivity index (χ1v) is 3.25. The van der Waals surface area contributed by atoms with E-state index in [9.17, 15) is 13.2 Å². The maximum absolute atomic E-state index is 12.9. The minimum atomic E-state index is -1.59. The van der Waals surface area contributed by atoms with Crippen LogP contribution in [0, 0.1) is 17.5 Å². The monoisotopic (exact) mass is 189 g/mol. The van der Waals surface area contributed by atoms with Crippen molar-refractivity contribution in [3.8, 4) is 0 Å². The van der Waals surface area contributed by atoms with E-state index < -0.39 is 23.3 Å². The van der Waals surface area contributed by atoms with Gasteiger partial charge in [-0.3, -0.25) is 0 Å². The van der Waals surface area contributed by atoms with Crippen molar-refractivity contribution in [2.24, 2.45) is 16.7 Å². The van der Waals surface area contributed by atoms with Gasteiger partial charge in [-0.1, -0.05) is 0 Å². The van der Waals surface area contributed by atoms with Crippen molar-refractivity contribution in [2.75, 3.05) is 0 Å². The summed E-state index contributed by atoms with van der Waals surface area (Å²) in [6.07, 6.45) is 0. The number of benzene rings is 1. The number of halogens is 3. The maximum Gasteiger partial charge on any atom is 0.195 e. The molecule has 0 aliphatic carbocycles. The van der Waals surface area contributed by atoms with Crippen LogP contribution in [-0.4, -0.2) is 5.84 Å². The van der Waals surface area contributed by atoms with Gasteiger partial charge in [0, 0.05) is 0 Å². The topological polar surface area (TPSA) is 64.4 Å². The van der Waals surface area contributed by atoms with E-state index in [-0.39, 0.29) is 5.56 Å². The van der Waals surface area contributed by atoms with E-state index in [1.165, 1.54) is 0 Å². The standard InChI is InChI=1S/C7H6F3N3/c8-4-2-1-3(7(11)13-12)5(9)6(4)10/h1-2H,12H2,(H2,11,13). The summed E-state index contributed by atoms with van der Waals surface area (Å²) < 4.78 is 37.9. The van der Waals surface area contributed by atoms with Crippen LogP contribution in [0.2, 0.25) is 0 Å². The van der Waals surface area contributed by atoms with Crippen molar-refractivity contribution in [1.82, 2.24) is 0 Å². The first-order valence-electron chi connectivity index (χ1n) is 3.25. The molecule has 0 bridgehead atoms. The summed E-state index contributed by atoms with van der Waals surface area (Å²) in [5.74, 6) is 0.0729. The number of nitrogens with zero attached hydrogens (tertiary/aromatic N) is 1. The van der Waals surface area contributed by atoms with Crippen LogP contribution < -0.4 is 11.6 Å². The minimum Gasteiger partial charge on any atom is -0.382 e. The van der Waals surface area contributed by atoms with Crippen LogP contribution in [0.25, 0.3) is 0 Å². The van der Waals surface area contributed by atoms with E-state index >= 15 is 0 Å². The van der Waals surface area contributed by atoms with Gasteiger partial charge in [0.25, 0.3) is 0 Å². The summed E-state index contributed by atoms with van der Waals surface area (Å²) in [5, 5.41) is 2.96. The highest BCUT2D eigenvalue weighted by Crippen LogP contribution is 2.14. The molecule has 0 unspecified atom stereocenters. The molecule has 0 aliphatic rings. The van der Waals surface area contributed by atoms with Gasteiger partial charge in [-0.05, 0) is 12.1 Å². The molecule has 0 fully saturated rings. The van der Waals surface area contributed by atoms with Crippen LogP contribution in [-0.2, 0) is 0 Å².